The van der Waals surface area contributed by atoms with Crippen LogP contribution in [-0.4, -0.2) is 56.0 Å². The van der Waals surface area contributed by atoms with Gasteiger partial charge in [0.2, 0.25) is 0 Å². The van der Waals surface area contributed by atoms with Crippen LogP contribution < -0.4 is 9.47 Å². The van der Waals surface area contributed by atoms with Crippen LogP contribution in [0.4, 0.5) is 0 Å². The van der Waals surface area contributed by atoms with Crippen molar-refractivity contribution in [2.45, 2.75) is 98.3 Å². The molecule has 0 saturated heterocycles. The number of benzene rings is 2. The van der Waals surface area contributed by atoms with Crippen molar-refractivity contribution >= 4 is 18.4 Å². The molecule has 0 aliphatic carbocycles. The second kappa shape index (κ2) is 20.2. The van der Waals surface area contributed by atoms with Crippen LogP contribution in [0.15, 0.2) is 69.3 Å². The predicted molar refractivity (Wildman–Crippen MR) is 177 cm³/mol. The Morgan fingerprint density at radius 1 is 0.732 bits per heavy atom. The molecule has 0 amide bonds. The summed E-state index contributed by atoms with van der Waals surface area (Å²) in [5.41, 5.74) is 5.17. The summed E-state index contributed by atoms with van der Waals surface area (Å²) in [6, 6.07) is 16.8. The summed E-state index contributed by atoms with van der Waals surface area (Å²) in [5, 5.41) is 20.5. The minimum absolute atomic E-state index is 0.121. The topological polar surface area (TPSA) is 58.9 Å². The molecule has 0 aliphatic rings. The Balaban J connectivity index is 2.87. The molecule has 5 heteroatoms. The van der Waals surface area contributed by atoms with E-state index in [0.29, 0.717) is 12.8 Å². The Morgan fingerprint density at radius 3 is 1.68 bits per heavy atom. The van der Waals surface area contributed by atoms with Gasteiger partial charge < -0.3 is 0 Å². The molecule has 0 bridgehead atoms. The van der Waals surface area contributed by atoms with Gasteiger partial charge in [0.05, 0.1) is 0 Å². The molecule has 0 atom stereocenters. The Hall–Kier alpha value is -1.76. The summed E-state index contributed by atoms with van der Waals surface area (Å²) in [5.74, 6) is 1.73. The summed E-state index contributed by atoms with van der Waals surface area (Å²) >= 11 is -2.95. The standard InChI is InChI=1S/C24H29O4.3C4H9.Sn/c1-27-23-10-5-7-19(17-23)15-21(9-3-4-13-25)22(12-14-26)16-20-8-6-11-24(18-20)28-2;3*1-3-4-2;/h3,5-8,10-11,17-18,25-26H,4,12-16H2,1-2H3;3*1,3-4H2,2H3;/b9-3?,22-21-;;;;. The van der Waals surface area contributed by atoms with E-state index < -0.39 is 18.4 Å². The zero-order chi connectivity index (χ0) is 29.9. The molecule has 0 unspecified atom stereocenters. The molecule has 0 saturated carbocycles. The maximum absolute atomic E-state index is 10.4. The van der Waals surface area contributed by atoms with Crippen LogP contribution in [0.3, 0.4) is 0 Å². The van der Waals surface area contributed by atoms with Gasteiger partial charge in [-0.05, 0) is 0 Å². The average molecular weight is 672 g/mol. The van der Waals surface area contributed by atoms with E-state index in [4.69, 9.17) is 9.47 Å². The quantitative estimate of drug-likeness (QED) is 0.103. The molecule has 0 aromatic heterocycles. The number of hydrogen-bond acceptors (Lipinski definition) is 4. The molecule has 2 rings (SSSR count). The summed E-state index contributed by atoms with van der Waals surface area (Å²) in [6.07, 6.45) is 12.8. The fourth-order valence-electron chi connectivity index (χ4n) is 6.10. The number of aliphatic hydroxyl groups is 2. The second-order valence-corrected chi connectivity index (χ2v) is 24.5. The molecule has 41 heavy (non-hydrogen) atoms. The first kappa shape index (κ1) is 35.4. The molecular formula is C36H56O4Sn. The molecule has 2 aromatic carbocycles. The molecule has 2 aromatic rings. The van der Waals surface area contributed by atoms with E-state index in [1.165, 1.54) is 74.1 Å². The van der Waals surface area contributed by atoms with Gasteiger partial charge in [0.25, 0.3) is 0 Å². The first-order chi connectivity index (χ1) is 20.0. The van der Waals surface area contributed by atoms with Gasteiger partial charge >= 0.3 is 256 Å². The van der Waals surface area contributed by atoms with Crippen molar-refractivity contribution < 1.29 is 19.7 Å². The number of rotatable bonds is 21. The van der Waals surface area contributed by atoms with E-state index >= 15 is 0 Å². The van der Waals surface area contributed by atoms with Crippen molar-refractivity contribution in [3.8, 4) is 11.5 Å². The zero-order valence-electron chi connectivity index (χ0n) is 26.5. The van der Waals surface area contributed by atoms with Crippen molar-refractivity contribution in [1.82, 2.24) is 0 Å². The maximum atomic E-state index is 10.4. The van der Waals surface area contributed by atoms with Gasteiger partial charge in [-0.25, -0.2) is 0 Å². The van der Waals surface area contributed by atoms with Crippen LogP contribution >= 0.6 is 0 Å². The number of aliphatic hydroxyl groups excluding tert-OH is 2. The number of hydrogen-bond donors (Lipinski definition) is 2. The summed E-state index contributed by atoms with van der Waals surface area (Å²) in [4.78, 5) is 0. The monoisotopic (exact) mass is 672 g/mol. The Morgan fingerprint density at radius 2 is 1.24 bits per heavy atom. The van der Waals surface area contributed by atoms with E-state index in [2.05, 4.69) is 63.2 Å². The van der Waals surface area contributed by atoms with Gasteiger partial charge in [0.15, 0.2) is 0 Å². The summed E-state index contributed by atoms with van der Waals surface area (Å²) < 4.78 is 16.9. The van der Waals surface area contributed by atoms with Gasteiger partial charge in [-0.15, -0.1) is 0 Å². The molecule has 0 fully saturated rings. The van der Waals surface area contributed by atoms with E-state index in [0.717, 1.165) is 24.3 Å². The van der Waals surface area contributed by atoms with Crippen LogP contribution in [0.1, 0.15) is 83.3 Å². The van der Waals surface area contributed by atoms with Gasteiger partial charge in [-0.2, -0.15) is 0 Å². The number of methoxy groups -OCH3 is 2. The first-order valence-electron chi connectivity index (χ1n) is 15.9. The average Bonchev–Trinajstić information content (AvgIpc) is 3.00. The number of allylic oxidation sites excluding steroid dienone is 2. The Labute approximate surface area is 254 Å². The van der Waals surface area contributed by atoms with Crippen LogP contribution in [0.5, 0.6) is 11.5 Å². The molecule has 0 heterocycles. The fraction of sp³-hybridized carbons (Fsp3) is 0.556. The zero-order valence-corrected chi connectivity index (χ0v) is 29.4. The van der Waals surface area contributed by atoms with Crippen LogP contribution in [0, 0.1) is 0 Å². The number of unbranched alkanes of at least 4 members (excludes halogenated alkanes) is 3. The number of ether oxygens (including phenoxy) is 2. The minimum atomic E-state index is -2.95. The van der Waals surface area contributed by atoms with Gasteiger partial charge in [-0.1, -0.05) is 0 Å². The second-order valence-electron chi connectivity index (χ2n) is 11.3. The third-order valence-corrected chi connectivity index (χ3v) is 24.2. The Bertz CT molecular complexity index is 1050. The van der Waals surface area contributed by atoms with Crippen molar-refractivity contribution in [1.29, 1.82) is 0 Å². The molecule has 4 nitrogen and oxygen atoms in total. The van der Waals surface area contributed by atoms with E-state index in [1.54, 1.807) is 17.8 Å². The Kier molecular flexibility index (Phi) is 17.5. The van der Waals surface area contributed by atoms with Crippen LogP contribution in [0.2, 0.25) is 13.3 Å². The molecule has 0 aliphatic heterocycles. The van der Waals surface area contributed by atoms with Crippen molar-refractivity contribution in [3.63, 3.8) is 0 Å². The third-order valence-electron chi connectivity index (χ3n) is 8.31. The third kappa shape index (κ3) is 11.4. The normalized spacial score (nSPS) is 12.8. The SMILES string of the molecule is CCC[CH2][Sn]([CH2]CCC)([CH2]CCC)[C](=C/CCO)/C(Cc1cccc(OC)c1)=C(\CCO)Cc1cccc(OC)c1. The van der Waals surface area contributed by atoms with Crippen LogP contribution in [0.25, 0.3) is 0 Å². The van der Waals surface area contributed by atoms with E-state index in [-0.39, 0.29) is 13.2 Å². The first-order valence-corrected chi connectivity index (χ1v) is 23.4. The van der Waals surface area contributed by atoms with Crippen molar-refractivity contribution in [3.05, 3.63) is 80.5 Å². The summed E-state index contributed by atoms with van der Waals surface area (Å²) in [7, 11) is 3.44. The van der Waals surface area contributed by atoms with E-state index in [9.17, 15) is 10.2 Å². The van der Waals surface area contributed by atoms with Crippen molar-refractivity contribution in [2.75, 3.05) is 27.4 Å². The van der Waals surface area contributed by atoms with Gasteiger partial charge in [0, 0.05) is 0 Å². The molecule has 228 valence electrons. The molecule has 2 N–H and O–H groups in total. The van der Waals surface area contributed by atoms with Crippen molar-refractivity contribution in [2.24, 2.45) is 0 Å². The van der Waals surface area contributed by atoms with E-state index in [1.807, 2.05) is 12.1 Å². The molecular weight excluding hydrogens is 615 g/mol. The van der Waals surface area contributed by atoms with Gasteiger partial charge in [-0.3, -0.25) is 0 Å². The fourth-order valence-corrected chi connectivity index (χ4v) is 23.6. The molecule has 0 radical (unpaired) electrons. The van der Waals surface area contributed by atoms with Crippen LogP contribution in [-0.2, 0) is 12.8 Å². The predicted octanol–water partition coefficient (Wildman–Crippen LogP) is 8.87. The molecule has 0 spiro atoms. The summed E-state index contributed by atoms with van der Waals surface area (Å²) in [6.45, 7) is 7.25. The van der Waals surface area contributed by atoms with Gasteiger partial charge in [0.1, 0.15) is 0 Å².